The fraction of sp³-hybridized carbons (Fsp3) is 0.222. The first kappa shape index (κ1) is 14.4. The number of sulfonamides is 1. The molecule has 0 saturated heterocycles. The Hall–Kier alpha value is -1.63. The molecule has 18 heavy (non-hydrogen) atoms. The van der Waals surface area contributed by atoms with E-state index >= 15 is 0 Å². The Kier molecular flexibility index (Phi) is 4.28. The van der Waals surface area contributed by atoms with Crippen molar-refractivity contribution < 1.29 is 13.3 Å². The van der Waals surface area contributed by atoms with Crippen LogP contribution in [0, 0.1) is 20.8 Å². The number of thioether (sulfide) groups is 1. The van der Waals surface area contributed by atoms with Crippen LogP contribution in [-0.4, -0.2) is 31.7 Å². The molecule has 1 aromatic carbocycles. The number of rotatable bonds is 4. The van der Waals surface area contributed by atoms with E-state index in [4.69, 9.17) is 5.26 Å². The molecule has 0 spiro atoms. The second-order valence-corrected chi connectivity index (χ2v) is 6.35. The van der Waals surface area contributed by atoms with E-state index in [0.717, 1.165) is 10.4 Å². The SMILES string of the molecule is CN(C)S(=O)(=O)c1ccc(SC#N)c([N+](=O)[O-])c1. The average molecular weight is 287 g/mol. The number of benzene rings is 1. The molecular formula is C9H9N3O4S2. The summed E-state index contributed by atoms with van der Waals surface area (Å²) in [5, 5.41) is 21.0. The van der Waals surface area contributed by atoms with Gasteiger partial charge in [-0.05, 0) is 23.9 Å². The Bertz CT molecular complexity index is 619. The molecule has 0 fully saturated rings. The van der Waals surface area contributed by atoms with Gasteiger partial charge in [0.05, 0.1) is 9.82 Å². The summed E-state index contributed by atoms with van der Waals surface area (Å²) in [5.41, 5.74) is -0.399. The van der Waals surface area contributed by atoms with E-state index in [0.29, 0.717) is 11.8 Å². The van der Waals surface area contributed by atoms with Gasteiger partial charge in [-0.2, -0.15) is 5.26 Å². The maximum atomic E-state index is 11.8. The minimum Gasteiger partial charge on any atom is -0.258 e. The monoisotopic (exact) mass is 287 g/mol. The minimum absolute atomic E-state index is 0.111. The van der Waals surface area contributed by atoms with E-state index in [1.165, 1.54) is 26.2 Å². The Morgan fingerprint density at radius 3 is 2.50 bits per heavy atom. The number of hydrogen-bond donors (Lipinski definition) is 0. The van der Waals surface area contributed by atoms with Crippen molar-refractivity contribution in [1.29, 1.82) is 5.26 Å². The summed E-state index contributed by atoms with van der Waals surface area (Å²) < 4.78 is 24.6. The van der Waals surface area contributed by atoms with Crippen LogP contribution in [-0.2, 0) is 10.0 Å². The zero-order chi connectivity index (χ0) is 13.9. The highest BCUT2D eigenvalue weighted by Gasteiger charge is 2.23. The highest BCUT2D eigenvalue weighted by molar-refractivity contribution is 8.03. The number of nitriles is 1. The smallest absolute Gasteiger partial charge is 0.258 e. The topological polar surface area (TPSA) is 104 Å². The predicted molar refractivity (Wildman–Crippen MR) is 65.4 cm³/mol. The van der Waals surface area contributed by atoms with Gasteiger partial charge in [-0.15, -0.1) is 0 Å². The lowest BCUT2D eigenvalue weighted by atomic mass is 10.3. The molecule has 0 radical (unpaired) electrons. The van der Waals surface area contributed by atoms with Crippen molar-refractivity contribution in [3.63, 3.8) is 0 Å². The van der Waals surface area contributed by atoms with E-state index < -0.39 is 20.6 Å². The van der Waals surface area contributed by atoms with Crippen LogP contribution in [0.4, 0.5) is 5.69 Å². The van der Waals surface area contributed by atoms with Crippen molar-refractivity contribution in [2.24, 2.45) is 0 Å². The Balaban J connectivity index is 3.42. The van der Waals surface area contributed by atoms with Gasteiger partial charge in [0.25, 0.3) is 5.69 Å². The van der Waals surface area contributed by atoms with Crippen LogP contribution in [0.15, 0.2) is 28.0 Å². The standard InChI is InChI=1S/C9H9N3O4S2/c1-11(2)18(15,16)7-3-4-9(17-6-10)8(5-7)12(13)14/h3-5H,1-2H3. The molecule has 0 bridgehead atoms. The van der Waals surface area contributed by atoms with Gasteiger partial charge < -0.3 is 0 Å². The van der Waals surface area contributed by atoms with Gasteiger partial charge in [-0.1, -0.05) is 0 Å². The molecule has 0 heterocycles. The number of nitro benzene ring substituents is 1. The lowest BCUT2D eigenvalue weighted by Gasteiger charge is -2.11. The molecule has 0 amide bonds. The predicted octanol–water partition coefficient (Wildman–Crippen LogP) is 1.42. The minimum atomic E-state index is -3.73. The van der Waals surface area contributed by atoms with Crippen LogP contribution in [0.1, 0.15) is 0 Å². The molecule has 7 nitrogen and oxygen atoms in total. The van der Waals surface area contributed by atoms with Crippen LogP contribution in [0.25, 0.3) is 0 Å². The number of thiocyanates is 1. The summed E-state index contributed by atoms with van der Waals surface area (Å²) in [4.78, 5) is 10.0. The fourth-order valence-corrected chi connectivity index (χ4v) is 2.54. The Labute approximate surface area is 108 Å². The number of nitrogens with zero attached hydrogens (tertiary/aromatic N) is 3. The van der Waals surface area contributed by atoms with E-state index in [1.54, 1.807) is 5.40 Å². The van der Waals surface area contributed by atoms with Crippen molar-refractivity contribution in [3.8, 4) is 5.40 Å². The zero-order valence-electron chi connectivity index (χ0n) is 9.52. The van der Waals surface area contributed by atoms with Crippen LogP contribution in [0.3, 0.4) is 0 Å². The molecule has 9 heteroatoms. The van der Waals surface area contributed by atoms with E-state index in [1.807, 2.05) is 0 Å². The zero-order valence-corrected chi connectivity index (χ0v) is 11.2. The summed E-state index contributed by atoms with van der Waals surface area (Å²) in [7, 11) is -1.06. The summed E-state index contributed by atoms with van der Waals surface area (Å²) >= 11 is 0.613. The van der Waals surface area contributed by atoms with Crippen LogP contribution in [0.2, 0.25) is 0 Å². The molecule has 0 unspecified atom stereocenters. The van der Waals surface area contributed by atoms with E-state index in [-0.39, 0.29) is 9.79 Å². The second kappa shape index (κ2) is 5.34. The van der Waals surface area contributed by atoms with Crippen LogP contribution in [0.5, 0.6) is 0 Å². The molecule has 0 atom stereocenters. The average Bonchev–Trinajstić information content (AvgIpc) is 2.29. The molecule has 0 saturated carbocycles. The molecule has 96 valence electrons. The maximum absolute atomic E-state index is 11.8. The molecular weight excluding hydrogens is 278 g/mol. The third kappa shape index (κ3) is 2.79. The normalized spacial score (nSPS) is 11.2. The molecule has 1 aromatic rings. The molecule has 0 N–H and O–H groups in total. The highest BCUT2D eigenvalue weighted by Crippen LogP contribution is 2.31. The first-order chi connectivity index (χ1) is 8.30. The first-order valence-corrected chi connectivity index (χ1v) is 6.83. The van der Waals surface area contributed by atoms with Gasteiger partial charge in [0.15, 0.2) is 0 Å². The van der Waals surface area contributed by atoms with Crippen molar-refractivity contribution >= 4 is 27.5 Å². The number of nitro groups is 1. The third-order valence-electron chi connectivity index (χ3n) is 2.06. The molecule has 0 aromatic heterocycles. The van der Waals surface area contributed by atoms with Crippen molar-refractivity contribution in [1.82, 2.24) is 4.31 Å². The highest BCUT2D eigenvalue weighted by atomic mass is 32.2. The van der Waals surface area contributed by atoms with Gasteiger partial charge >= 0.3 is 0 Å². The second-order valence-electron chi connectivity index (χ2n) is 3.37. The summed E-state index contributed by atoms with van der Waals surface area (Å²) in [6, 6.07) is 3.44. The Morgan fingerprint density at radius 1 is 1.44 bits per heavy atom. The van der Waals surface area contributed by atoms with Crippen LogP contribution < -0.4 is 0 Å². The lowest BCUT2D eigenvalue weighted by molar-refractivity contribution is -0.387. The summed E-state index contributed by atoms with van der Waals surface area (Å²) in [6.07, 6.45) is 0. The largest absolute Gasteiger partial charge is 0.285 e. The molecule has 0 aliphatic rings. The quantitative estimate of drug-likeness (QED) is 0.359. The van der Waals surface area contributed by atoms with Gasteiger partial charge in [0.1, 0.15) is 10.3 Å². The van der Waals surface area contributed by atoms with Crippen molar-refractivity contribution in [3.05, 3.63) is 28.3 Å². The van der Waals surface area contributed by atoms with Gasteiger partial charge in [-0.3, -0.25) is 10.1 Å². The van der Waals surface area contributed by atoms with Crippen molar-refractivity contribution in [2.45, 2.75) is 9.79 Å². The third-order valence-corrected chi connectivity index (χ3v) is 4.53. The summed E-state index contributed by atoms with van der Waals surface area (Å²) in [6.45, 7) is 0. The maximum Gasteiger partial charge on any atom is 0.285 e. The Morgan fingerprint density at radius 2 is 2.06 bits per heavy atom. The van der Waals surface area contributed by atoms with Crippen LogP contribution >= 0.6 is 11.8 Å². The lowest BCUT2D eigenvalue weighted by Crippen LogP contribution is -2.22. The molecule has 0 aliphatic carbocycles. The van der Waals surface area contributed by atoms with Gasteiger partial charge in [0.2, 0.25) is 10.0 Å². The molecule has 1 rings (SSSR count). The van der Waals surface area contributed by atoms with Crippen molar-refractivity contribution in [2.75, 3.05) is 14.1 Å². The molecule has 0 aliphatic heterocycles. The summed E-state index contributed by atoms with van der Waals surface area (Å²) in [5.74, 6) is 0. The first-order valence-electron chi connectivity index (χ1n) is 4.57. The number of hydrogen-bond acceptors (Lipinski definition) is 6. The van der Waals surface area contributed by atoms with Gasteiger partial charge in [-0.25, -0.2) is 12.7 Å². The van der Waals surface area contributed by atoms with Gasteiger partial charge in [0, 0.05) is 20.2 Å². The van der Waals surface area contributed by atoms with E-state index in [9.17, 15) is 18.5 Å². The fourth-order valence-electron chi connectivity index (χ4n) is 1.15. The van der Waals surface area contributed by atoms with E-state index in [2.05, 4.69) is 0 Å².